The van der Waals surface area contributed by atoms with Gasteiger partial charge in [-0.1, -0.05) is 32.8 Å². The van der Waals surface area contributed by atoms with Crippen molar-refractivity contribution in [3.63, 3.8) is 0 Å². The van der Waals surface area contributed by atoms with Crippen LogP contribution in [-0.2, 0) is 0 Å². The monoisotopic (exact) mass is 317 g/mol. The molecule has 0 fully saturated rings. The van der Waals surface area contributed by atoms with Crippen LogP contribution in [0.4, 0.5) is 13.2 Å². The lowest BCUT2D eigenvalue weighted by atomic mass is 9.98. The Balaban J connectivity index is 2.63. The van der Waals surface area contributed by atoms with Crippen LogP contribution in [-0.4, -0.2) is 18.8 Å². The van der Waals surface area contributed by atoms with E-state index in [2.05, 4.69) is 23.9 Å². The summed E-state index contributed by atoms with van der Waals surface area (Å²) in [6, 6.07) is 5.09. The van der Waals surface area contributed by atoms with E-state index in [0.29, 0.717) is 12.5 Å². The Morgan fingerprint density at radius 2 is 1.86 bits per heavy atom. The number of alkyl halides is 3. The maximum absolute atomic E-state index is 12.2. The van der Waals surface area contributed by atoms with Crippen molar-refractivity contribution in [3.8, 4) is 5.75 Å². The van der Waals surface area contributed by atoms with Crippen LogP contribution < -0.4 is 10.1 Å². The molecule has 1 aromatic rings. The van der Waals surface area contributed by atoms with Crippen molar-refractivity contribution >= 4 is 5.91 Å². The summed E-state index contributed by atoms with van der Waals surface area (Å²) < 4.78 is 40.3. The second-order valence-corrected chi connectivity index (χ2v) is 5.23. The van der Waals surface area contributed by atoms with Crippen LogP contribution in [0.2, 0.25) is 0 Å². The molecule has 3 nitrogen and oxygen atoms in total. The lowest BCUT2D eigenvalue weighted by Crippen LogP contribution is -2.29. The molecule has 0 heterocycles. The summed E-state index contributed by atoms with van der Waals surface area (Å²) in [5.41, 5.74) is 0.161. The number of amides is 1. The molecule has 1 aromatic carbocycles. The number of rotatable bonds is 8. The molecule has 0 unspecified atom stereocenters. The first-order chi connectivity index (χ1) is 10.4. The van der Waals surface area contributed by atoms with Gasteiger partial charge in [-0.15, -0.1) is 13.2 Å². The van der Waals surface area contributed by atoms with Crippen LogP contribution in [0, 0.1) is 5.92 Å². The Bertz CT molecular complexity index is 469. The van der Waals surface area contributed by atoms with Crippen molar-refractivity contribution in [2.24, 2.45) is 5.92 Å². The maximum Gasteiger partial charge on any atom is 0.573 e. The maximum atomic E-state index is 12.2. The Labute approximate surface area is 128 Å². The molecule has 0 aromatic heterocycles. The number of halogens is 3. The van der Waals surface area contributed by atoms with E-state index < -0.39 is 6.36 Å². The number of hydrogen-bond donors (Lipinski definition) is 1. The van der Waals surface area contributed by atoms with Crippen molar-refractivity contribution in [2.75, 3.05) is 6.54 Å². The van der Waals surface area contributed by atoms with Gasteiger partial charge in [0, 0.05) is 12.1 Å². The molecular formula is C16H22F3NO2. The Kier molecular flexibility index (Phi) is 7.21. The van der Waals surface area contributed by atoms with Crippen LogP contribution >= 0.6 is 0 Å². The van der Waals surface area contributed by atoms with Gasteiger partial charge in [-0.2, -0.15) is 0 Å². The van der Waals surface area contributed by atoms with Crippen molar-refractivity contribution in [3.05, 3.63) is 29.8 Å². The number of ether oxygens (including phenoxy) is 1. The third-order valence-electron chi connectivity index (χ3n) is 3.27. The summed E-state index contributed by atoms with van der Waals surface area (Å²) in [7, 11) is 0. The lowest BCUT2D eigenvalue weighted by molar-refractivity contribution is -0.274. The topological polar surface area (TPSA) is 38.3 Å². The first-order valence-electron chi connectivity index (χ1n) is 7.49. The Morgan fingerprint density at radius 1 is 1.23 bits per heavy atom. The first-order valence-corrected chi connectivity index (χ1v) is 7.49. The van der Waals surface area contributed by atoms with Crippen LogP contribution in [0.1, 0.15) is 49.9 Å². The van der Waals surface area contributed by atoms with E-state index in [0.717, 1.165) is 31.7 Å². The van der Waals surface area contributed by atoms with Gasteiger partial charge in [0.2, 0.25) is 0 Å². The highest BCUT2D eigenvalue weighted by Gasteiger charge is 2.31. The van der Waals surface area contributed by atoms with Gasteiger partial charge in [-0.25, -0.2) is 0 Å². The van der Waals surface area contributed by atoms with E-state index in [4.69, 9.17) is 0 Å². The fourth-order valence-corrected chi connectivity index (χ4v) is 2.34. The SMILES string of the molecule is CCCC(CCC)CNC(=O)c1cccc(OC(F)(F)F)c1. The van der Waals surface area contributed by atoms with Crippen LogP contribution in [0.15, 0.2) is 24.3 Å². The normalized spacial score (nSPS) is 11.5. The minimum atomic E-state index is -4.76. The molecule has 0 radical (unpaired) electrons. The van der Waals surface area contributed by atoms with E-state index in [9.17, 15) is 18.0 Å². The zero-order chi connectivity index (χ0) is 16.6. The molecule has 0 saturated carbocycles. The molecule has 1 N–H and O–H groups in total. The summed E-state index contributed by atoms with van der Waals surface area (Å²) in [6.45, 7) is 4.70. The fourth-order valence-electron chi connectivity index (χ4n) is 2.34. The minimum absolute atomic E-state index is 0.161. The zero-order valence-electron chi connectivity index (χ0n) is 12.9. The molecule has 0 aliphatic carbocycles. The van der Waals surface area contributed by atoms with Crippen molar-refractivity contribution < 1.29 is 22.7 Å². The summed E-state index contributed by atoms with van der Waals surface area (Å²) in [5, 5.41) is 2.78. The molecule has 0 atom stereocenters. The van der Waals surface area contributed by atoms with Crippen molar-refractivity contribution in [1.29, 1.82) is 0 Å². The molecule has 0 spiro atoms. The van der Waals surface area contributed by atoms with Gasteiger partial charge in [-0.3, -0.25) is 4.79 Å². The van der Waals surface area contributed by atoms with Gasteiger partial charge >= 0.3 is 6.36 Å². The van der Waals surface area contributed by atoms with Crippen molar-refractivity contribution in [2.45, 2.75) is 45.9 Å². The van der Waals surface area contributed by atoms with Crippen LogP contribution in [0.3, 0.4) is 0 Å². The highest BCUT2D eigenvalue weighted by Crippen LogP contribution is 2.23. The molecule has 1 rings (SSSR count). The van der Waals surface area contributed by atoms with Gasteiger partial charge in [0.15, 0.2) is 0 Å². The molecule has 6 heteroatoms. The number of carbonyl (C=O) groups is 1. The highest BCUT2D eigenvalue weighted by molar-refractivity contribution is 5.94. The van der Waals surface area contributed by atoms with Gasteiger partial charge in [0.05, 0.1) is 0 Å². The third-order valence-corrected chi connectivity index (χ3v) is 3.27. The molecule has 0 saturated heterocycles. The summed E-state index contributed by atoms with van der Waals surface area (Å²) in [5.74, 6) is -0.378. The molecule has 0 aliphatic rings. The standard InChI is InChI=1S/C16H22F3NO2/c1-3-6-12(7-4-2)11-20-15(21)13-8-5-9-14(10-13)22-16(17,18)19/h5,8-10,12H,3-4,6-7,11H2,1-2H3,(H,20,21). The number of benzene rings is 1. The third kappa shape index (κ3) is 6.83. The number of hydrogen-bond acceptors (Lipinski definition) is 2. The highest BCUT2D eigenvalue weighted by atomic mass is 19.4. The smallest absolute Gasteiger partial charge is 0.406 e. The Morgan fingerprint density at radius 3 is 2.41 bits per heavy atom. The van der Waals surface area contributed by atoms with Crippen LogP contribution in [0.5, 0.6) is 5.75 Å². The van der Waals surface area contributed by atoms with Gasteiger partial charge in [-0.05, 0) is 37.0 Å². The van der Waals surface area contributed by atoms with E-state index in [1.165, 1.54) is 18.2 Å². The molecule has 0 aliphatic heterocycles. The number of carbonyl (C=O) groups excluding carboxylic acids is 1. The zero-order valence-corrected chi connectivity index (χ0v) is 12.9. The largest absolute Gasteiger partial charge is 0.573 e. The second-order valence-electron chi connectivity index (χ2n) is 5.23. The second kappa shape index (κ2) is 8.66. The summed E-state index contributed by atoms with van der Waals surface area (Å²) in [4.78, 5) is 12.0. The first kappa shape index (κ1) is 18.3. The van der Waals surface area contributed by atoms with E-state index in [-0.39, 0.29) is 17.2 Å². The van der Waals surface area contributed by atoms with Crippen molar-refractivity contribution in [1.82, 2.24) is 5.32 Å². The molecular weight excluding hydrogens is 295 g/mol. The van der Waals surface area contributed by atoms with Gasteiger partial charge in [0.1, 0.15) is 5.75 Å². The average molecular weight is 317 g/mol. The predicted molar refractivity (Wildman–Crippen MR) is 78.8 cm³/mol. The average Bonchev–Trinajstić information content (AvgIpc) is 2.43. The quantitative estimate of drug-likeness (QED) is 0.765. The molecule has 124 valence electrons. The minimum Gasteiger partial charge on any atom is -0.406 e. The molecule has 1 amide bonds. The Hall–Kier alpha value is -1.72. The predicted octanol–water partition coefficient (Wildman–Crippen LogP) is 4.53. The van der Waals surface area contributed by atoms with Gasteiger partial charge < -0.3 is 10.1 Å². The van der Waals surface area contributed by atoms with E-state index >= 15 is 0 Å². The lowest BCUT2D eigenvalue weighted by Gasteiger charge is -2.16. The fraction of sp³-hybridized carbons (Fsp3) is 0.562. The summed E-state index contributed by atoms with van der Waals surface area (Å²) in [6.07, 6.45) is -0.649. The number of nitrogens with one attached hydrogen (secondary N) is 1. The van der Waals surface area contributed by atoms with Crippen LogP contribution in [0.25, 0.3) is 0 Å². The van der Waals surface area contributed by atoms with E-state index in [1.54, 1.807) is 0 Å². The summed E-state index contributed by atoms with van der Waals surface area (Å²) >= 11 is 0. The molecule has 0 bridgehead atoms. The van der Waals surface area contributed by atoms with E-state index in [1.807, 2.05) is 0 Å². The van der Waals surface area contributed by atoms with Gasteiger partial charge in [0.25, 0.3) is 5.91 Å². The molecule has 22 heavy (non-hydrogen) atoms.